The minimum absolute atomic E-state index is 0.00519. The second-order valence-corrected chi connectivity index (χ2v) is 12.5. The molecule has 1 aliphatic rings. The minimum atomic E-state index is -3.78. The van der Waals surface area contributed by atoms with Crippen LogP contribution in [-0.4, -0.2) is 49.8 Å². The number of azo groups is 1. The molecule has 37 heavy (non-hydrogen) atoms. The lowest BCUT2D eigenvalue weighted by atomic mass is 9.82. The van der Waals surface area contributed by atoms with E-state index in [2.05, 4.69) is 15.0 Å². The first-order valence-electron chi connectivity index (χ1n) is 11.9. The highest BCUT2D eigenvalue weighted by molar-refractivity contribution is 7.89. The molecule has 0 spiro atoms. The molecule has 0 amide bonds. The Balaban J connectivity index is 2.27. The van der Waals surface area contributed by atoms with Crippen molar-refractivity contribution >= 4 is 21.5 Å². The van der Waals surface area contributed by atoms with Gasteiger partial charge in [0.25, 0.3) is 0 Å². The molecule has 0 heterocycles. The van der Waals surface area contributed by atoms with Gasteiger partial charge in [-0.1, -0.05) is 20.8 Å². The molecule has 0 radical (unpaired) electrons. The number of nitrogens with one attached hydrogen (secondary N) is 1. The van der Waals surface area contributed by atoms with Crippen LogP contribution < -0.4 is 4.72 Å². The van der Waals surface area contributed by atoms with Crippen molar-refractivity contribution in [1.29, 1.82) is 5.26 Å². The molecule has 1 aromatic rings. The molecular weight excluding hydrogens is 496 g/mol. The summed E-state index contributed by atoms with van der Waals surface area (Å²) in [6, 6.07) is 7.64. The number of hydrogen-bond donors (Lipinski definition) is 3. The number of nitriles is 1. The fourth-order valence-corrected chi connectivity index (χ4v) is 5.86. The van der Waals surface area contributed by atoms with E-state index in [9.17, 15) is 23.6 Å². The Hall–Kier alpha value is -2.91. The molecule has 0 saturated carbocycles. The molecule has 202 valence electrons. The van der Waals surface area contributed by atoms with E-state index in [1.54, 1.807) is 0 Å². The SMILES string of the molecule is CC1=C(C#N)C(=O)C(CCOCCO)C(O)=C1/N=N/c1ccc(S(=O)(=O)NC(C)(C)CC(C)(C)C)cc1. The summed E-state index contributed by atoms with van der Waals surface area (Å²) in [6.07, 6.45) is 0.742. The summed E-state index contributed by atoms with van der Waals surface area (Å²) in [5.74, 6) is -1.86. The second-order valence-electron chi connectivity index (χ2n) is 10.8. The van der Waals surface area contributed by atoms with Gasteiger partial charge >= 0.3 is 0 Å². The van der Waals surface area contributed by atoms with Gasteiger partial charge in [0.05, 0.1) is 29.7 Å². The number of Topliss-reactive ketones (excluding diaryl/α,β-unsaturated/α-hetero) is 1. The molecule has 11 heteroatoms. The molecule has 1 atom stereocenters. The molecule has 1 aromatic carbocycles. The quantitative estimate of drug-likeness (QED) is 0.280. The Bertz CT molecular complexity index is 1230. The van der Waals surface area contributed by atoms with Crippen molar-refractivity contribution in [3.63, 3.8) is 0 Å². The van der Waals surface area contributed by atoms with E-state index in [1.807, 2.05) is 40.7 Å². The van der Waals surface area contributed by atoms with Gasteiger partial charge in [0, 0.05) is 17.7 Å². The first kappa shape index (κ1) is 30.3. The number of nitrogens with zero attached hydrogens (tertiary/aromatic N) is 3. The van der Waals surface area contributed by atoms with E-state index in [1.165, 1.54) is 31.2 Å². The number of sulfonamides is 1. The van der Waals surface area contributed by atoms with E-state index in [0.717, 1.165) is 0 Å². The molecule has 1 unspecified atom stereocenters. The Kier molecular flexibility index (Phi) is 9.91. The zero-order valence-corrected chi connectivity index (χ0v) is 23.0. The summed E-state index contributed by atoms with van der Waals surface area (Å²) in [5, 5.41) is 37.2. The van der Waals surface area contributed by atoms with E-state index in [4.69, 9.17) is 9.84 Å². The third-order valence-electron chi connectivity index (χ3n) is 5.56. The van der Waals surface area contributed by atoms with Gasteiger partial charge in [0.15, 0.2) is 5.78 Å². The van der Waals surface area contributed by atoms with Crippen LogP contribution in [0.3, 0.4) is 0 Å². The molecule has 0 saturated heterocycles. The molecule has 0 fully saturated rings. The maximum atomic E-state index is 12.9. The van der Waals surface area contributed by atoms with Crippen LogP contribution in [-0.2, 0) is 19.6 Å². The van der Waals surface area contributed by atoms with Crippen molar-refractivity contribution in [2.75, 3.05) is 19.8 Å². The zero-order valence-electron chi connectivity index (χ0n) is 22.2. The lowest BCUT2D eigenvalue weighted by Gasteiger charge is -2.32. The number of aliphatic hydroxyl groups is 2. The number of rotatable bonds is 11. The van der Waals surface area contributed by atoms with E-state index >= 15 is 0 Å². The Morgan fingerprint density at radius 1 is 1.11 bits per heavy atom. The first-order valence-corrected chi connectivity index (χ1v) is 13.4. The van der Waals surface area contributed by atoms with Crippen LogP contribution >= 0.6 is 0 Å². The average molecular weight is 533 g/mol. The van der Waals surface area contributed by atoms with Gasteiger partial charge in [-0.3, -0.25) is 4.79 Å². The van der Waals surface area contributed by atoms with E-state index in [0.29, 0.717) is 12.1 Å². The van der Waals surface area contributed by atoms with Crippen molar-refractivity contribution in [2.45, 2.75) is 64.8 Å². The normalized spacial score (nSPS) is 17.6. The number of carbonyl (C=O) groups is 1. The number of hydrogen-bond acceptors (Lipinski definition) is 9. The van der Waals surface area contributed by atoms with Crippen LogP contribution in [0, 0.1) is 22.7 Å². The second kappa shape index (κ2) is 12.1. The molecule has 1 aliphatic carbocycles. The van der Waals surface area contributed by atoms with Gasteiger partial charge in [0.2, 0.25) is 10.0 Å². The standard InChI is InChI=1S/C26H36N4O6S/c1-17-21(15-27)23(32)20(11-13-36-14-12-31)24(33)22(17)29-28-18-7-9-19(10-8-18)37(34,35)30-26(5,6)16-25(2,3)4/h7-10,20,30-31,33H,11-14,16H2,1-6H3/b29-28+. The lowest BCUT2D eigenvalue weighted by Crippen LogP contribution is -2.45. The monoisotopic (exact) mass is 532 g/mol. The molecule has 0 aromatic heterocycles. The van der Waals surface area contributed by atoms with Gasteiger partial charge in [-0.15, -0.1) is 5.11 Å². The third kappa shape index (κ3) is 8.30. The summed E-state index contributed by atoms with van der Waals surface area (Å²) in [5.41, 5.74) is -0.316. The Morgan fingerprint density at radius 3 is 2.27 bits per heavy atom. The number of ether oxygens (including phenoxy) is 1. The summed E-state index contributed by atoms with van der Waals surface area (Å²) >= 11 is 0. The minimum Gasteiger partial charge on any atom is -0.509 e. The molecule has 2 rings (SSSR count). The smallest absolute Gasteiger partial charge is 0.241 e. The van der Waals surface area contributed by atoms with Gasteiger partial charge in [-0.25, -0.2) is 13.1 Å². The largest absolute Gasteiger partial charge is 0.509 e. The molecular formula is C26H36N4O6S. The van der Waals surface area contributed by atoms with Gasteiger partial charge < -0.3 is 14.9 Å². The number of benzene rings is 1. The fraction of sp³-hybridized carbons (Fsp3) is 0.538. The van der Waals surface area contributed by atoms with E-state index in [-0.39, 0.29) is 59.2 Å². The highest BCUT2D eigenvalue weighted by Crippen LogP contribution is 2.34. The summed E-state index contributed by atoms with van der Waals surface area (Å²) in [6.45, 7) is 11.3. The highest BCUT2D eigenvalue weighted by Gasteiger charge is 2.35. The summed E-state index contributed by atoms with van der Waals surface area (Å²) in [7, 11) is -3.78. The van der Waals surface area contributed by atoms with Crippen molar-refractivity contribution in [3.8, 4) is 6.07 Å². The van der Waals surface area contributed by atoms with Gasteiger partial charge in [-0.05, 0) is 63.3 Å². The van der Waals surface area contributed by atoms with Crippen LogP contribution in [0.2, 0.25) is 0 Å². The predicted molar refractivity (Wildman–Crippen MR) is 138 cm³/mol. The maximum Gasteiger partial charge on any atom is 0.241 e. The number of carbonyl (C=O) groups excluding carboxylic acids is 1. The number of allylic oxidation sites excluding steroid dienone is 3. The topological polar surface area (TPSA) is 161 Å². The highest BCUT2D eigenvalue weighted by atomic mass is 32.2. The maximum absolute atomic E-state index is 12.9. The molecule has 10 nitrogen and oxygen atoms in total. The molecule has 0 aliphatic heterocycles. The van der Waals surface area contributed by atoms with Crippen LogP contribution in [0.1, 0.15) is 54.4 Å². The fourth-order valence-electron chi connectivity index (χ4n) is 4.44. The van der Waals surface area contributed by atoms with Crippen LogP contribution in [0.5, 0.6) is 0 Å². The Labute approximate surface area is 218 Å². The summed E-state index contributed by atoms with van der Waals surface area (Å²) < 4.78 is 33.7. The number of ketones is 1. The third-order valence-corrected chi connectivity index (χ3v) is 7.27. The van der Waals surface area contributed by atoms with Crippen molar-refractivity contribution < 1.29 is 28.2 Å². The Morgan fingerprint density at radius 2 is 1.73 bits per heavy atom. The van der Waals surface area contributed by atoms with E-state index < -0.39 is 27.3 Å². The van der Waals surface area contributed by atoms with Crippen molar-refractivity contribution in [3.05, 3.63) is 46.9 Å². The van der Waals surface area contributed by atoms with Gasteiger partial charge in [-0.2, -0.15) is 10.4 Å². The predicted octanol–water partition coefficient (Wildman–Crippen LogP) is 4.47. The van der Waals surface area contributed by atoms with Crippen molar-refractivity contribution in [1.82, 2.24) is 4.72 Å². The van der Waals surface area contributed by atoms with Crippen LogP contribution in [0.25, 0.3) is 0 Å². The first-order chi connectivity index (χ1) is 17.1. The lowest BCUT2D eigenvalue weighted by molar-refractivity contribution is -0.119. The summed E-state index contributed by atoms with van der Waals surface area (Å²) in [4.78, 5) is 12.7. The molecule has 0 bridgehead atoms. The molecule has 3 N–H and O–H groups in total. The van der Waals surface area contributed by atoms with Crippen molar-refractivity contribution in [2.24, 2.45) is 21.6 Å². The van der Waals surface area contributed by atoms with Gasteiger partial charge in [0.1, 0.15) is 23.1 Å². The van der Waals surface area contributed by atoms with Crippen LogP contribution in [0.4, 0.5) is 5.69 Å². The zero-order chi connectivity index (χ0) is 28.0. The average Bonchev–Trinajstić information content (AvgIpc) is 2.76. The van der Waals surface area contributed by atoms with Crippen LogP contribution in [0.15, 0.2) is 62.0 Å². The number of aliphatic hydroxyl groups excluding tert-OH is 2.